The van der Waals surface area contributed by atoms with Crippen molar-refractivity contribution >= 4 is 9.84 Å². The maximum atomic E-state index is 12.3. The van der Waals surface area contributed by atoms with E-state index in [0.29, 0.717) is 10.5 Å². The van der Waals surface area contributed by atoms with Crippen molar-refractivity contribution in [2.75, 3.05) is 13.4 Å². The van der Waals surface area contributed by atoms with Crippen molar-refractivity contribution in [3.05, 3.63) is 72.8 Å². The highest BCUT2D eigenvalue weighted by Crippen LogP contribution is 2.38. The molecule has 4 heteroatoms. The molecule has 0 bridgehead atoms. The molecule has 0 radical (unpaired) electrons. The lowest BCUT2D eigenvalue weighted by Crippen LogP contribution is -2.01. The van der Waals surface area contributed by atoms with Gasteiger partial charge in [-0.25, -0.2) is 8.42 Å². The fraction of sp³-hybridized carbons (Fsp3) is 0.100. The Kier molecular flexibility index (Phi) is 4.40. The lowest BCUT2D eigenvalue weighted by Gasteiger charge is -2.15. The number of rotatable bonds is 4. The molecule has 0 N–H and O–H groups in total. The average Bonchev–Trinajstić information content (AvgIpc) is 2.61. The molecule has 0 fully saturated rings. The average molecular weight is 338 g/mol. The summed E-state index contributed by atoms with van der Waals surface area (Å²) in [6, 6.07) is 22.6. The minimum atomic E-state index is -3.36. The number of methoxy groups -OCH3 is 1. The van der Waals surface area contributed by atoms with Crippen molar-refractivity contribution < 1.29 is 13.2 Å². The van der Waals surface area contributed by atoms with Crippen LogP contribution in [-0.2, 0) is 9.84 Å². The van der Waals surface area contributed by atoms with Gasteiger partial charge in [0.2, 0.25) is 0 Å². The van der Waals surface area contributed by atoms with Crippen LogP contribution >= 0.6 is 0 Å². The SMILES string of the molecule is COc1cccc(-c2cccc(S(C)(=O)=O)c2-c2ccccc2)c1. The van der Waals surface area contributed by atoms with Crippen LogP contribution in [0.3, 0.4) is 0 Å². The molecule has 24 heavy (non-hydrogen) atoms. The molecule has 0 heterocycles. The van der Waals surface area contributed by atoms with E-state index in [4.69, 9.17) is 4.74 Å². The van der Waals surface area contributed by atoms with Crippen molar-refractivity contribution in [3.8, 4) is 28.0 Å². The predicted octanol–water partition coefficient (Wildman–Crippen LogP) is 4.43. The molecule has 122 valence electrons. The van der Waals surface area contributed by atoms with Gasteiger partial charge < -0.3 is 4.74 Å². The summed E-state index contributed by atoms with van der Waals surface area (Å²) in [5, 5.41) is 0. The second kappa shape index (κ2) is 6.49. The number of hydrogen-bond donors (Lipinski definition) is 0. The minimum absolute atomic E-state index is 0.328. The fourth-order valence-corrected chi connectivity index (χ4v) is 3.70. The molecule has 3 aromatic carbocycles. The molecule has 3 nitrogen and oxygen atoms in total. The van der Waals surface area contributed by atoms with Gasteiger partial charge in [-0.15, -0.1) is 0 Å². The van der Waals surface area contributed by atoms with E-state index in [2.05, 4.69) is 0 Å². The van der Waals surface area contributed by atoms with Gasteiger partial charge in [0, 0.05) is 11.8 Å². The van der Waals surface area contributed by atoms with E-state index in [1.54, 1.807) is 19.2 Å². The molecule has 0 spiro atoms. The van der Waals surface area contributed by atoms with Gasteiger partial charge in [-0.3, -0.25) is 0 Å². The minimum Gasteiger partial charge on any atom is -0.497 e. The first-order valence-electron chi connectivity index (χ1n) is 7.53. The Bertz CT molecular complexity index is 961. The molecule has 0 unspecified atom stereocenters. The van der Waals surface area contributed by atoms with Gasteiger partial charge in [0.25, 0.3) is 0 Å². The summed E-state index contributed by atoms with van der Waals surface area (Å²) >= 11 is 0. The van der Waals surface area contributed by atoms with Gasteiger partial charge in [-0.1, -0.05) is 54.6 Å². The normalized spacial score (nSPS) is 11.2. The number of hydrogen-bond acceptors (Lipinski definition) is 3. The molecular weight excluding hydrogens is 320 g/mol. The molecule has 3 aromatic rings. The lowest BCUT2D eigenvalue weighted by atomic mass is 9.94. The van der Waals surface area contributed by atoms with E-state index in [0.717, 1.165) is 22.4 Å². The van der Waals surface area contributed by atoms with Crippen LogP contribution < -0.4 is 4.74 Å². The van der Waals surface area contributed by atoms with E-state index in [9.17, 15) is 8.42 Å². The molecule has 0 aliphatic carbocycles. The third-order valence-electron chi connectivity index (χ3n) is 3.87. The first-order chi connectivity index (χ1) is 11.5. The standard InChI is InChI=1S/C20H18O3S/c1-23-17-11-6-10-16(14-17)18-12-7-13-19(24(2,21)22)20(18)15-8-4-3-5-9-15/h3-14H,1-2H3. The summed E-state index contributed by atoms with van der Waals surface area (Å²) in [7, 11) is -1.74. The Hall–Kier alpha value is -2.59. The van der Waals surface area contributed by atoms with Crippen LogP contribution in [-0.4, -0.2) is 21.8 Å². The molecule has 0 aliphatic heterocycles. The molecule has 0 amide bonds. The van der Waals surface area contributed by atoms with E-state index < -0.39 is 9.84 Å². The summed E-state index contributed by atoms with van der Waals surface area (Å²) in [5.74, 6) is 0.733. The topological polar surface area (TPSA) is 43.4 Å². The van der Waals surface area contributed by atoms with E-state index >= 15 is 0 Å². The van der Waals surface area contributed by atoms with Gasteiger partial charge in [-0.05, 0) is 34.9 Å². The van der Waals surface area contributed by atoms with Gasteiger partial charge in [0.15, 0.2) is 9.84 Å². The first kappa shape index (κ1) is 16.3. The summed E-state index contributed by atoms with van der Waals surface area (Å²) in [4.78, 5) is 0.328. The van der Waals surface area contributed by atoms with Crippen LogP contribution in [0.5, 0.6) is 5.75 Å². The molecule has 0 atom stereocenters. The Balaban J connectivity index is 2.34. The maximum absolute atomic E-state index is 12.3. The molecule has 0 saturated heterocycles. The summed E-state index contributed by atoms with van der Waals surface area (Å²) in [5.41, 5.74) is 3.37. The first-order valence-corrected chi connectivity index (χ1v) is 9.43. The van der Waals surface area contributed by atoms with Gasteiger partial charge in [0.1, 0.15) is 5.75 Å². The smallest absolute Gasteiger partial charge is 0.176 e. The van der Waals surface area contributed by atoms with Gasteiger partial charge in [0.05, 0.1) is 12.0 Å². The van der Waals surface area contributed by atoms with Crippen molar-refractivity contribution in [1.29, 1.82) is 0 Å². The largest absolute Gasteiger partial charge is 0.497 e. The summed E-state index contributed by atoms with van der Waals surface area (Å²) in [6.07, 6.45) is 1.24. The van der Waals surface area contributed by atoms with E-state index in [1.165, 1.54) is 6.26 Å². The summed E-state index contributed by atoms with van der Waals surface area (Å²) < 4.78 is 29.9. The van der Waals surface area contributed by atoms with Crippen LogP contribution in [0.25, 0.3) is 22.3 Å². The van der Waals surface area contributed by atoms with Crippen molar-refractivity contribution in [2.24, 2.45) is 0 Å². The van der Waals surface area contributed by atoms with E-state index in [1.807, 2.05) is 60.7 Å². The van der Waals surface area contributed by atoms with Crippen LogP contribution in [0.2, 0.25) is 0 Å². The van der Waals surface area contributed by atoms with Crippen molar-refractivity contribution in [2.45, 2.75) is 4.90 Å². The second-order valence-electron chi connectivity index (χ2n) is 5.55. The Labute approximate surface area is 142 Å². The lowest BCUT2D eigenvalue weighted by molar-refractivity contribution is 0.415. The van der Waals surface area contributed by atoms with Gasteiger partial charge >= 0.3 is 0 Å². The predicted molar refractivity (Wildman–Crippen MR) is 97.0 cm³/mol. The number of benzene rings is 3. The monoisotopic (exact) mass is 338 g/mol. The molecule has 0 aliphatic rings. The molecule has 0 saturated carbocycles. The zero-order chi connectivity index (χ0) is 17.2. The third-order valence-corrected chi connectivity index (χ3v) is 5.01. The second-order valence-corrected chi connectivity index (χ2v) is 7.53. The highest BCUT2D eigenvalue weighted by molar-refractivity contribution is 7.90. The van der Waals surface area contributed by atoms with Crippen LogP contribution in [0.4, 0.5) is 0 Å². The molecule has 0 aromatic heterocycles. The molecule has 3 rings (SSSR count). The van der Waals surface area contributed by atoms with Crippen LogP contribution in [0.15, 0.2) is 77.7 Å². The van der Waals surface area contributed by atoms with Crippen LogP contribution in [0, 0.1) is 0 Å². The number of ether oxygens (including phenoxy) is 1. The van der Waals surface area contributed by atoms with Crippen molar-refractivity contribution in [1.82, 2.24) is 0 Å². The Morgan fingerprint density at radius 2 is 1.46 bits per heavy atom. The fourth-order valence-electron chi connectivity index (χ4n) is 2.77. The van der Waals surface area contributed by atoms with Crippen molar-refractivity contribution in [3.63, 3.8) is 0 Å². The Morgan fingerprint density at radius 1 is 0.792 bits per heavy atom. The maximum Gasteiger partial charge on any atom is 0.176 e. The number of sulfone groups is 1. The zero-order valence-corrected chi connectivity index (χ0v) is 14.4. The van der Waals surface area contributed by atoms with Gasteiger partial charge in [-0.2, -0.15) is 0 Å². The summed E-state index contributed by atoms with van der Waals surface area (Å²) in [6.45, 7) is 0. The highest BCUT2D eigenvalue weighted by Gasteiger charge is 2.19. The molecular formula is C20H18O3S. The van der Waals surface area contributed by atoms with E-state index in [-0.39, 0.29) is 0 Å². The quantitative estimate of drug-likeness (QED) is 0.707. The third kappa shape index (κ3) is 3.19. The van der Waals surface area contributed by atoms with Crippen LogP contribution in [0.1, 0.15) is 0 Å². The highest BCUT2D eigenvalue weighted by atomic mass is 32.2. The Morgan fingerprint density at radius 3 is 2.12 bits per heavy atom. The zero-order valence-electron chi connectivity index (χ0n) is 13.6.